The highest BCUT2D eigenvalue weighted by atomic mass is 16.2. The predicted octanol–water partition coefficient (Wildman–Crippen LogP) is 3.75. The zero-order valence-corrected chi connectivity index (χ0v) is 21.8. The molecular weight excluding hydrogens is 480 g/mol. The number of fused-ring (bicyclic) bond motifs is 1. The fraction of sp³-hybridized carbons (Fsp3) is 0.321. The van der Waals surface area contributed by atoms with Crippen LogP contribution in [0.2, 0.25) is 0 Å². The number of carbonyl (C=O) groups excluding carboxylic acids is 2. The fourth-order valence-corrected chi connectivity index (χ4v) is 4.66. The minimum atomic E-state index is -0.240. The first-order valence-corrected chi connectivity index (χ1v) is 12.8. The molecule has 0 radical (unpaired) electrons. The van der Waals surface area contributed by atoms with Crippen molar-refractivity contribution in [2.75, 3.05) is 23.7 Å². The molecule has 38 heavy (non-hydrogen) atoms. The molecule has 0 bridgehead atoms. The summed E-state index contributed by atoms with van der Waals surface area (Å²) in [6.45, 7) is 7.86. The lowest BCUT2D eigenvalue weighted by molar-refractivity contribution is 0.0789. The van der Waals surface area contributed by atoms with Crippen LogP contribution in [0.4, 0.5) is 11.5 Å². The molecule has 4 N–H and O–H groups in total. The Morgan fingerprint density at radius 1 is 1.21 bits per heavy atom. The van der Waals surface area contributed by atoms with Crippen LogP contribution in [0.5, 0.6) is 0 Å². The molecule has 1 aliphatic heterocycles. The Hall–Kier alpha value is -4.31. The minimum Gasteiger partial charge on any atom is -0.362 e. The molecule has 0 aliphatic carbocycles. The maximum atomic E-state index is 13.0. The molecule has 10 heteroatoms. The molecule has 1 aliphatic rings. The van der Waals surface area contributed by atoms with E-state index in [0.717, 1.165) is 29.6 Å². The minimum absolute atomic E-state index is 0.0280. The van der Waals surface area contributed by atoms with E-state index in [1.165, 1.54) is 0 Å². The van der Waals surface area contributed by atoms with Crippen LogP contribution in [0.1, 0.15) is 58.2 Å². The number of nitrogens with two attached hydrogens (primary N) is 1. The number of hydrogen-bond donors (Lipinski definition) is 3. The molecule has 10 nitrogen and oxygen atoms in total. The van der Waals surface area contributed by atoms with Gasteiger partial charge in [-0.25, -0.2) is 9.97 Å². The zero-order valence-electron chi connectivity index (χ0n) is 21.8. The van der Waals surface area contributed by atoms with Gasteiger partial charge in [0.25, 0.3) is 11.8 Å². The van der Waals surface area contributed by atoms with E-state index in [-0.39, 0.29) is 23.9 Å². The molecule has 196 valence electrons. The fourth-order valence-electron chi connectivity index (χ4n) is 4.66. The van der Waals surface area contributed by atoms with Crippen LogP contribution in [-0.4, -0.2) is 55.6 Å². The van der Waals surface area contributed by atoms with E-state index in [2.05, 4.69) is 25.7 Å². The van der Waals surface area contributed by atoms with Gasteiger partial charge in [0.05, 0.1) is 18.4 Å². The Labute approximate surface area is 221 Å². The third kappa shape index (κ3) is 5.35. The van der Waals surface area contributed by atoms with Gasteiger partial charge < -0.3 is 21.3 Å². The van der Waals surface area contributed by atoms with Crippen LogP contribution in [0, 0.1) is 6.92 Å². The third-order valence-electron chi connectivity index (χ3n) is 6.84. The molecule has 5 rings (SSSR count). The van der Waals surface area contributed by atoms with Gasteiger partial charge in [-0.15, -0.1) is 0 Å². The van der Waals surface area contributed by atoms with E-state index in [0.29, 0.717) is 41.4 Å². The number of hydrogen-bond acceptors (Lipinski definition) is 7. The van der Waals surface area contributed by atoms with Crippen LogP contribution in [0.15, 0.2) is 54.9 Å². The summed E-state index contributed by atoms with van der Waals surface area (Å²) in [7, 11) is 0. The molecule has 2 aromatic carbocycles. The number of carbonyl (C=O) groups is 2. The van der Waals surface area contributed by atoms with Gasteiger partial charge >= 0.3 is 0 Å². The highest BCUT2D eigenvalue weighted by Gasteiger charge is 2.25. The van der Waals surface area contributed by atoms with Crippen molar-refractivity contribution < 1.29 is 9.59 Å². The molecule has 2 aromatic heterocycles. The molecule has 1 saturated heterocycles. The van der Waals surface area contributed by atoms with E-state index in [4.69, 9.17) is 5.73 Å². The largest absolute Gasteiger partial charge is 0.362 e. The van der Waals surface area contributed by atoms with Crippen molar-refractivity contribution in [1.82, 2.24) is 24.6 Å². The molecule has 2 atom stereocenters. The molecule has 0 unspecified atom stereocenters. The molecule has 0 saturated carbocycles. The number of benzene rings is 2. The number of aromatic nitrogens is 4. The molecule has 3 heterocycles. The van der Waals surface area contributed by atoms with Gasteiger partial charge in [-0.1, -0.05) is 12.1 Å². The molecular formula is C28H32N8O2. The first-order chi connectivity index (χ1) is 18.3. The average Bonchev–Trinajstić information content (AvgIpc) is 3.54. The van der Waals surface area contributed by atoms with E-state index < -0.39 is 0 Å². The number of nitrogens with one attached hydrogen (secondary N) is 2. The molecule has 1 fully saturated rings. The summed E-state index contributed by atoms with van der Waals surface area (Å²) in [5.41, 5.74) is 10.8. The molecule has 4 aromatic rings. The predicted molar refractivity (Wildman–Crippen MR) is 147 cm³/mol. The maximum absolute atomic E-state index is 13.0. The second-order valence-electron chi connectivity index (χ2n) is 9.72. The monoisotopic (exact) mass is 512 g/mol. The van der Waals surface area contributed by atoms with Crippen molar-refractivity contribution in [3.8, 4) is 0 Å². The number of rotatable bonds is 7. The average molecular weight is 513 g/mol. The lowest BCUT2D eigenvalue weighted by atomic mass is 10.0. The Kier molecular flexibility index (Phi) is 7.06. The number of amides is 2. The van der Waals surface area contributed by atoms with Gasteiger partial charge in [-0.2, -0.15) is 5.10 Å². The topological polar surface area (TPSA) is 131 Å². The summed E-state index contributed by atoms with van der Waals surface area (Å²) < 4.78 is 1.81. The molecule has 2 amide bonds. The van der Waals surface area contributed by atoms with Crippen molar-refractivity contribution in [1.29, 1.82) is 0 Å². The van der Waals surface area contributed by atoms with E-state index in [9.17, 15) is 9.59 Å². The quantitative estimate of drug-likeness (QED) is 0.344. The van der Waals surface area contributed by atoms with Crippen LogP contribution < -0.4 is 16.4 Å². The van der Waals surface area contributed by atoms with Crippen LogP contribution in [0.3, 0.4) is 0 Å². The van der Waals surface area contributed by atoms with Crippen molar-refractivity contribution in [2.24, 2.45) is 5.73 Å². The first kappa shape index (κ1) is 25.3. The SMILES string of the molecule is CCn1cc2ncc(N[C@@H](C)c3cccc(NC(=O)c4ccc(C(=O)N5CC[C@@H](N)C5)c(C)c4)c3)nc2n1. The standard InChI is InChI=1S/C28H32N8O2/c1-4-36-16-24-26(34-36)33-25(14-30-24)31-18(3)19-6-5-7-22(13-19)32-27(37)20-8-9-23(17(2)12-20)28(38)35-11-10-21(29)15-35/h5-9,12-14,16,18,21H,4,10-11,15,29H2,1-3H3,(H,32,37)(H,31,33,34)/t18-,21+/m0/s1. The van der Waals surface area contributed by atoms with Crippen LogP contribution >= 0.6 is 0 Å². The summed E-state index contributed by atoms with van der Waals surface area (Å²) in [6.07, 6.45) is 4.38. The Balaban J connectivity index is 1.25. The van der Waals surface area contributed by atoms with Crippen molar-refractivity contribution in [2.45, 2.75) is 45.8 Å². The smallest absolute Gasteiger partial charge is 0.255 e. The number of anilines is 2. The van der Waals surface area contributed by atoms with Gasteiger partial charge in [0, 0.05) is 42.5 Å². The van der Waals surface area contributed by atoms with Crippen molar-refractivity contribution in [3.05, 3.63) is 77.1 Å². The summed E-state index contributed by atoms with van der Waals surface area (Å²) in [5, 5.41) is 10.7. The second-order valence-corrected chi connectivity index (χ2v) is 9.72. The van der Waals surface area contributed by atoms with Gasteiger partial charge in [0.2, 0.25) is 5.65 Å². The maximum Gasteiger partial charge on any atom is 0.255 e. The third-order valence-corrected chi connectivity index (χ3v) is 6.84. The Morgan fingerprint density at radius 2 is 2.05 bits per heavy atom. The number of nitrogens with zero attached hydrogens (tertiary/aromatic N) is 5. The van der Waals surface area contributed by atoms with Gasteiger partial charge in [0.1, 0.15) is 11.3 Å². The van der Waals surface area contributed by atoms with Crippen LogP contribution in [-0.2, 0) is 6.54 Å². The zero-order chi connectivity index (χ0) is 26.8. The number of likely N-dealkylation sites (tertiary alicyclic amines) is 1. The summed E-state index contributed by atoms with van der Waals surface area (Å²) in [4.78, 5) is 36.6. The lowest BCUT2D eigenvalue weighted by Crippen LogP contribution is -2.32. The van der Waals surface area contributed by atoms with Crippen molar-refractivity contribution in [3.63, 3.8) is 0 Å². The Morgan fingerprint density at radius 3 is 2.79 bits per heavy atom. The normalized spacial score (nSPS) is 16.0. The van der Waals surface area contributed by atoms with Gasteiger partial charge in [-0.3, -0.25) is 14.3 Å². The first-order valence-electron chi connectivity index (χ1n) is 12.8. The van der Waals surface area contributed by atoms with E-state index in [1.54, 1.807) is 34.0 Å². The van der Waals surface area contributed by atoms with E-state index in [1.807, 2.05) is 51.2 Å². The van der Waals surface area contributed by atoms with Crippen molar-refractivity contribution >= 4 is 34.5 Å². The molecule has 0 spiro atoms. The van der Waals surface area contributed by atoms with Gasteiger partial charge in [0.15, 0.2) is 0 Å². The number of aryl methyl sites for hydroxylation is 2. The Bertz CT molecular complexity index is 1500. The van der Waals surface area contributed by atoms with E-state index >= 15 is 0 Å². The lowest BCUT2D eigenvalue weighted by Gasteiger charge is -2.18. The summed E-state index contributed by atoms with van der Waals surface area (Å²) in [5.74, 6) is 0.344. The highest BCUT2D eigenvalue weighted by molar-refractivity contribution is 6.05. The van der Waals surface area contributed by atoms with Crippen LogP contribution in [0.25, 0.3) is 11.2 Å². The summed E-state index contributed by atoms with van der Waals surface area (Å²) >= 11 is 0. The summed E-state index contributed by atoms with van der Waals surface area (Å²) in [6, 6.07) is 12.8. The second kappa shape index (κ2) is 10.6. The highest BCUT2D eigenvalue weighted by Crippen LogP contribution is 2.23. The van der Waals surface area contributed by atoms with Gasteiger partial charge in [-0.05, 0) is 68.7 Å².